The predicted molar refractivity (Wildman–Crippen MR) is 117 cm³/mol. The van der Waals surface area contributed by atoms with Crippen LogP contribution in [-0.4, -0.2) is 21.0 Å². The van der Waals surface area contributed by atoms with E-state index in [1.165, 1.54) is 11.1 Å². The van der Waals surface area contributed by atoms with E-state index in [0.717, 1.165) is 33.3 Å². The second-order valence-corrected chi connectivity index (χ2v) is 8.02. The Morgan fingerprint density at radius 3 is 2.70 bits per heavy atom. The van der Waals surface area contributed by atoms with E-state index >= 15 is 0 Å². The molecular weight excluding hydrogens is 376 g/mol. The summed E-state index contributed by atoms with van der Waals surface area (Å²) in [7, 11) is 0. The molecule has 0 fully saturated rings. The highest BCUT2D eigenvalue weighted by Gasteiger charge is 2.20. The van der Waals surface area contributed by atoms with E-state index in [0.29, 0.717) is 11.7 Å². The Morgan fingerprint density at radius 2 is 1.93 bits per heavy atom. The summed E-state index contributed by atoms with van der Waals surface area (Å²) in [5, 5.41) is 8.15. The molecule has 30 heavy (non-hydrogen) atoms. The number of hydrogen-bond donors (Lipinski definition) is 2. The number of nitrogens with zero attached hydrogens (tertiary/aromatic N) is 2. The van der Waals surface area contributed by atoms with Crippen LogP contribution in [0.2, 0.25) is 0 Å². The van der Waals surface area contributed by atoms with E-state index in [2.05, 4.69) is 46.4 Å². The zero-order valence-electron chi connectivity index (χ0n) is 18.0. The second-order valence-electron chi connectivity index (χ2n) is 8.02. The van der Waals surface area contributed by atoms with Crippen molar-refractivity contribution in [2.45, 2.75) is 47.1 Å². The summed E-state index contributed by atoms with van der Waals surface area (Å²) in [5.41, 5.74) is 7.51. The number of nitrogens with one attached hydrogen (secondary N) is 2. The third kappa shape index (κ3) is 3.85. The molecule has 2 N–H and O–H groups in total. The van der Waals surface area contributed by atoms with Crippen LogP contribution in [0.5, 0.6) is 0 Å². The minimum atomic E-state index is -0.377. The molecule has 0 spiro atoms. The molecule has 2 aromatic carbocycles. The average Bonchev–Trinajstić information content (AvgIpc) is 3.29. The monoisotopic (exact) mass is 402 g/mol. The number of amides is 1. The van der Waals surface area contributed by atoms with Crippen LogP contribution in [0.25, 0.3) is 22.3 Å². The normalized spacial score (nSPS) is 12.3. The van der Waals surface area contributed by atoms with Gasteiger partial charge in [0.05, 0.1) is 6.42 Å². The summed E-state index contributed by atoms with van der Waals surface area (Å²) >= 11 is 0. The first-order chi connectivity index (χ1) is 14.3. The molecule has 2 heterocycles. The lowest BCUT2D eigenvalue weighted by Crippen LogP contribution is -2.28. The summed E-state index contributed by atoms with van der Waals surface area (Å²) in [6, 6.07) is 11.8. The number of H-pyrrole nitrogens is 1. The lowest BCUT2D eigenvalue weighted by atomic mass is 10.0. The van der Waals surface area contributed by atoms with Gasteiger partial charge in [0.2, 0.25) is 17.6 Å². The van der Waals surface area contributed by atoms with Crippen molar-refractivity contribution in [3.05, 3.63) is 70.2 Å². The van der Waals surface area contributed by atoms with Gasteiger partial charge in [-0.2, -0.15) is 4.98 Å². The SMILES string of the molecule is Cc1cccc(-c2noc([C@@H](C)NC(=O)Cc3c(C)[nH]c4c(C)cc(C)cc34)n2)c1. The minimum Gasteiger partial charge on any atom is -0.358 e. The molecule has 0 aliphatic heterocycles. The lowest BCUT2D eigenvalue weighted by Gasteiger charge is -2.10. The van der Waals surface area contributed by atoms with Gasteiger partial charge in [-0.25, -0.2) is 0 Å². The summed E-state index contributed by atoms with van der Waals surface area (Å²) in [6.45, 7) is 10.0. The molecule has 6 nitrogen and oxygen atoms in total. The Labute approximate surface area is 175 Å². The molecule has 1 atom stereocenters. The van der Waals surface area contributed by atoms with Gasteiger partial charge in [0.15, 0.2) is 0 Å². The van der Waals surface area contributed by atoms with Crippen molar-refractivity contribution in [2.75, 3.05) is 0 Å². The van der Waals surface area contributed by atoms with E-state index in [1.54, 1.807) is 0 Å². The molecule has 2 aromatic heterocycles. The fourth-order valence-corrected chi connectivity index (χ4v) is 3.89. The Bertz CT molecular complexity index is 1240. The van der Waals surface area contributed by atoms with Crippen molar-refractivity contribution in [1.82, 2.24) is 20.4 Å². The molecular formula is C24H26N4O2. The van der Waals surface area contributed by atoms with Gasteiger partial charge in [0, 0.05) is 22.2 Å². The van der Waals surface area contributed by atoms with Crippen LogP contribution in [0.15, 0.2) is 40.9 Å². The van der Waals surface area contributed by atoms with Crippen molar-refractivity contribution in [1.29, 1.82) is 0 Å². The highest BCUT2D eigenvalue weighted by Crippen LogP contribution is 2.27. The molecule has 0 unspecified atom stereocenters. The molecule has 4 aromatic rings. The van der Waals surface area contributed by atoms with E-state index in [1.807, 2.05) is 45.0 Å². The maximum atomic E-state index is 12.8. The van der Waals surface area contributed by atoms with Crippen LogP contribution in [0, 0.1) is 27.7 Å². The number of aromatic nitrogens is 3. The number of benzene rings is 2. The zero-order chi connectivity index (χ0) is 21.4. The van der Waals surface area contributed by atoms with Crippen molar-refractivity contribution in [2.24, 2.45) is 0 Å². The van der Waals surface area contributed by atoms with Crippen molar-refractivity contribution in [3.63, 3.8) is 0 Å². The first-order valence-corrected chi connectivity index (χ1v) is 10.1. The van der Waals surface area contributed by atoms with Crippen LogP contribution in [0.1, 0.15) is 46.8 Å². The molecule has 1 amide bonds. The number of hydrogen-bond acceptors (Lipinski definition) is 4. The number of carbonyl (C=O) groups is 1. The Balaban J connectivity index is 1.50. The third-order valence-electron chi connectivity index (χ3n) is 5.37. The Hall–Kier alpha value is -3.41. The molecule has 0 radical (unpaired) electrons. The predicted octanol–water partition coefficient (Wildman–Crippen LogP) is 4.87. The summed E-state index contributed by atoms with van der Waals surface area (Å²) in [5.74, 6) is 0.830. The maximum Gasteiger partial charge on any atom is 0.249 e. The standard InChI is InChI=1S/C24H26N4O2/c1-13-7-6-8-18(10-13)23-27-24(30-28-23)17(5)25-21(29)12-19-16(4)26-22-15(3)9-14(2)11-20(19)22/h6-11,17,26H,12H2,1-5H3,(H,25,29)/t17-/m1/s1. The van der Waals surface area contributed by atoms with E-state index in [9.17, 15) is 4.79 Å². The molecule has 0 saturated heterocycles. The van der Waals surface area contributed by atoms with E-state index in [-0.39, 0.29) is 18.4 Å². The highest BCUT2D eigenvalue weighted by atomic mass is 16.5. The largest absolute Gasteiger partial charge is 0.358 e. The lowest BCUT2D eigenvalue weighted by molar-refractivity contribution is -0.121. The van der Waals surface area contributed by atoms with Gasteiger partial charge in [0.25, 0.3) is 0 Å². The van der Waals surface area contributed by atoms with Crippen LogP contribution >= 0.6 is 0 Å². The van der Waals surface area contributed by atoms with Crippen molar-refractivity contribution >= 4 is 16.8 Å². The molecule has 4 rings (SSSR count). The third-order valence-corrected chi connectivity index (χ3v) is 5.37. The van der Waals surface area contributed by atoms with Crippen molar-refractivity contribution in [3.8, 4) is 11.4 Å². The zero-order valence-corrected chi connectivity index (χ0v) is 18.0. The summed E-state index contributed by atoms with van der Waals surface area (Å²) < 4.78 is 5.40. The van der Waals surface area contributed by atoms with Crippen LogP contribution < -0.4 is 5.32 Å². The van der Waals surface area contributed by atoms with Gasteiger partial charge in [-0.1, -0.05) is 40.5 Å². The molecule has 0 aliphatic carbocycles. The summed E-state index contributed by atoms with van der Waals surface area (Å²) in [4.78, 5) is 20.6. The highest BCUT2D eigenvalue weighted by molar-refractivity contribution is 5.92. The number of fused-ring (bicyclic) bond motifs is 1. The molecule has 6 heteroatoms. The second kappa shape index (κ2) is 7.78. The van der Waals surface area contributed by atoms with Crippen LogP contribution in [-0.2, 0) is 11.2 Å². The van der Waals surface area contributed by atoms with Gasteiger partial charge in [-0.15, -0.1) is 0 Å². The van der Waals surface area contributed by atoms with Gasteiger partial charge in [-0.05, 0) is 57.9 Å². The van der Waals surface area contributed by atoms with Crippen LogP contribution in [0.3, 0.4) is 0 Å². The molecule has 0 saturated carbocycles. The van der Waals surface area contributed by atoms with Gasteiger partial charge in [-0.3, -0.25) is 4.79 Å². The quantitative estimate of drug-likeness (QED) is 0.499. The topological polar surface area (TPSA) is 83.8 Å². The number of rotatable bonds is 5. The van der Waals surface area contributed by atoms with Gasteiger partial charge >= 0.3 is 0 Å². The van der Waals surface area contributed by atoms with Crippen molar-refractivity contribution < 1.29 is 9.32 Å². The Kier molecular flexibility index (Phi) is 5.16. The summed E-state index contributed by atoms with van der Waals surface area (Å²) in [6.07, 6.45) is 0.290. The fourth-order valence-electron chi connectivity index (χ4n) is 3.89. The minimum absolute atomic E-state index is 0.0824. The molecule has 0 aliphatic rings. The Morgan fingerprint density at radius 1 is 1.13 bits per heavy atom. The number of aromatic amines is 1. The first-order valence-electron chi connectivity index (χ1n) is 10.1. The molecule has 154 valence electrons. The first kappa shape index (κ1) is 19.9. The van der Waals surface area contributed by atoms with E-state index < -0.39 is 0 Å². The van der Waals surface area contributed by atoms with Crippen LogP contribution in [0.4, 0.5) is 0 Å². The van der Waals surface area contributed by atoms with Gasteiger partial charge < -0.3 is 14.8 Å². The smallest absolute Gasteiger partial charge is 0.249 e. The maximum absolute atomic E-state index is 12.8. The number of carbonyl (C=O) groups excluding carboxylic acids is 1. The number of aryl methyl sites for hydroxylation is 4. The van der Waals surface area contributed by atoms with Gasteiger partial charge in [0.1, 0.15) is 6.04 Å². The van der Waals surface area contributed by atoms with E-state index in [4.69, 9.17) is 4.52 Å². The fraction of sp³-hybridized carbons (Fsp3) is 0.292. The average molecular weight is 402 g/mol. The molecule has 0 bridgehead atoms.